The molecule has 2 aromatic carbocycles. The Bertz CT molecular complexity index is 1300. The van der Waals surface area contributed by atoms with E-state index < -0.39 is 56.8 Å². The lowest BCUT2D eigenvalue weighted by Gasteiger charge is -2.12. The number of nitro benzene ring substituents is 1. The Balaban J connectivity index is 1.69. The highest BCUT2D eigenvalue weighted by Crippen LogP contribution is 2.40. The van der Waals surface area contributed by atoms with Crippen molar-refractivity contribution in [3.63, 3.8) is 0 Å². The van der Waals surface area contributed by atoms with Crippen LogP contribution in [0.4, 0.5) is 27.6 Å². The molecular weight excluding hydrogens is 477 g/mol. The number of nitro groups is 1. The minimum atomic E-state index is -2.39. The van der Waals surface area contributed by atoms with Crippen LogP contribution < -0.4 is 4.74 Å². The standard InChI is InChI=1S/C19H12F5N3O5S/c1-19(2)5-12(26-32-19)33-6-8-7-3-9(27(28)29)11(4-10(7)31-25-8)30-18-16(23)14(21)13(20)15(22)17(18)24/h3-4H,5-6H2,1-2H3. The van der Waals surface area contributed by atoms with E-state index in [2.05, 4.69) is 10.3 Å². The summed E-state index contributed by atoms with van der Waals surface area (Å²) in [5.41, 5.74) is -1.03. The van der Waals surface area contributed by atoms with Gasteiger partial charge in [-0.25, -0.2) is 13.2 Å². The van der Waals surface area contributed by atoms with E-state index in [1.165, 1.54) is 11.8 Å². The summed E-state index contributed by atoms with van der Waals surface area (Å²) in [6, 6.07) is 1.85. The van der Waals surface area contributed by atoms with Crippen LogP contribution >= 0.6 is 11.8 Å². The quantitative estimate of drug-likeness (QED) is 0.143. The first-order valence-corrected chi connectivity index (χ1v) is 10.1. The van der Waals surface area contributed by atoms with Crippen molar-refractivity contribution in [3.8, 4) is 11.5 Å². The number of hydrogen-bond acceptors (Lipinski definition) is 8. The van der Waals surface area contributed by atoms with Crippen molar-refractivity contribution in [1.29, 1.82) is 0 Å². The van der Waals surface area contributed by atoms with Crippen molar-refractivity contribution in [1.82, 2.24) is 5.16 Å². The van der Waals surface area contributed by atoms with Crippen molar-refractivity contribution < 1.29 is 41.0 Å². The SMILES string of the molecule is CC1(C)CC(SCc2noc3cc(Oc4c(F)c(F)c(F)c(F)c4F)c([N+](=O)[O-])cc23)=NO1. The molecule has 0 spiro atoms. The van der Waals surface area contributed by atoms with Crippen LogP contribution in [0.1, 0.15) is 26.0 Å². The zero-order valence-electron chi connectivity index (χ0n) is 16.7. The highest BCUT2D eigenvalue weighted by atomic mass is 32.2. The lowest BCUT2D eigenvalue weighted by Crippen LogP contribution is -2.18. The lowest BCUT2D eigenvalue weighted by molar-refractivity contribution is -0.385. The number of halogens is 5. The van der Waals surface area contributed by atoms with Crippen LogP contribution in [0.15, 0.2) is 21.8 Å². The summed E-state index contributed by atoms with van der Waals surface area (Å²) in [7, 11) is 0. The van der Waals surface area contributed by atoms with E-state index >= 15 is 0 Å². The van der Waals surface area contributed by atoms with Crippen molar-refractivity contribution in [2.75, 3.05) is 0 Å². The maximum absolute atomic E-state index is 14.0. The third-order valence-electron chi connectivity index (χ3n) is 4.55. The molecule has 1 aromatic heterocycles. The van der Waals surface area contributed by atoms with Gasteiger partial charge in [0.2, 0.25) is 40.6 Å². The molecule has 0 fully saturated rings. The van der Waals surface area contributed by atoms with Gasteiger partial charge in [0.25, 0.3) is 0 Å². The number of benzene rings is 2. The molecule has 0 N–H and O–H groups in total. The molecule has 0 radical (unpaired) electrons. The predicted octanol–water partition coefficient (Wildman–Crippen LogP) is 5.97. The summed E-state index contributed by atoms with van der Waals surface area (Å²) in [6.07, 6.45) is 0.549. The predicted molar refractivity (Wildman–Crippen MR) is 105 cm³/mol. The fourth-order valence-electron chi connectivity index (χ4n) is 2.95. The molecule has 4 rings (SSSR count). The fourth-order valence-corrected chi connectivity index (χ4v) is 4.00. The van der Waals surface area contributed by atoms with Gasteiger partial charge in [-0.2, -0.15) is 8.78 Å². The summed E-state index contributed by atoms with van der Waals surface area (Å²) in [5.74, 6) is -13.7. The Hall–Kier alpha value is -3.42. The van der Waals surface area contributed by atoms with Gasteiger partial charge < -0.3 is 14.1 Å². The summed E-state index contributed by atoms with van der Waals surface area (Å²) in [6.45, 7) is 3.70. The summed E-state index contributed by atoms with van der Waals surface area (Å²) >= 11 is 1.27. The molecule has 2 heterocycles. The van der Waals surface area contributed by atoms with Crippen molar-refractivity contribution in [2.24, 2.45) is 5.16 Å². The molecular formula is C19H12F5N3O5S. The molecule has 33 heavy (non-hydrogen) atoms. The largest absolute Gasteiger partial charge is 0.444 e. The van der Waals surface area contributed by atoms with E-state index in [1.54, 1.807) is 0 Å². The maximum Gasteiger partial charge on any atom is 0.312 e. The van der Waals surface area contributed by atoms with Gasteiger partial charge in [-0.15, -0.1) is 11.8 Å². The van der Waals surface area contributed by atoms with Crippen molar-refractivity contribution in [2.45, 2.75) is 31.6 Å². The van der Waals surface area contributed by atoms with Gasteiger partial charge in [0.15, 0.2) is 5.58 Å². The van der Waals surface area contributed by atoms with E-state index in [-0.39, 0.29) is 16.7 Å². The van der Waals surface area contributed by atoms with Crippen molar-refractivity contribution in [3.05, 3.63) is 57.0 Å². The molecule has 1 aliphatic rings. The van der Waals surface area contributed by atoms with E-state index in [4.69, 9.17) is 14.1 Å². The second-order valence-corrected chi connectivity index (χ2v) is 8.55. The number of rotatable bonds is 5. The first-order chi connectivity index (χ1) is 15.5. The summed E-state index contributed by atoms with van der Waals surface area (Å²) in [5, 5.41) is 20.2. The summed E-state index contributed by atoms with van der Waals surface area (Å²) in [4.78, 5) is 15.8. The van der Waals surface area contributed by atoms with Crippen LogP contribution in [-0.4, -0.2) is 20.7 Å². The topological polar surface area (TPSA) is 100.0 Å². The molecule has 0 aliphatic carbocycles. The zero-order chi connectivity index (χ0) is 24.1. The Kier molecular flexibility index (Phi) is 5.64. The number of nitrogens with zero attached hydrogens (tertiary/aromatic N) is 3. The molecule has 0 atom stereocenters. The Morgan fingerprint density at radius 3 is 2.33 bits per heavy atom. The molecule has 0 saturated carbocycles. The highest BCUT2D eigenvalue weighted by molar-refractivity contribution is 8.13. The van der Waals surface area contributed by atoms with Crippen LogP contribution in [-0.2, 0) is 10.6 Å². The molecule has 3 aromatic rings. The summed E-state index contributed by atoms with van der Waals surface area (Å²) < 4.78 is 78.0. The van der Waals surface area contributed by atoms with Gasteiger partial charge >= 0.3 is 5.69 Å². The number of ether oxygens (including phenoxy) is 1. The first kappa shape index (κ1) is 22.8. The average molecular weight is 489 g/mol. The molecule has 0 unspecified atom stereocenters. The molecule has 0 saturated heterocycles. The number of hydrogen-bond donors (Lipinski definition) is 0. The molecule has 0 bridgehead atoms. The van der Waals surface area contributed by atoms with Gasteiger partial charge in [-0.3, -0.25) is 10.1 Å². The number of oxime groups is 1. The van der Waals surface area contributed by atoms with Gasteiger partial charge in [0.05, 0.1) is 10.3 Å². The lowest BCUT2D eigenvalue weighted by atomic mass is 10.1. The Morgan fingerprint density at radius 1 is 1.12 bits per heavy atom. The molecule has 1 aliphatic heterocycles. The number of thioether (sulfide) groups is 1. The molecule has 174 valence electrons. The second kappa shape index (κ2) is 8.17. The number of aromatic nitrogens is 1. The van der Waals surface area contributed by atoms with Crippen LogP contribution in [0.5, 0.6) is 11.5 Å². The van der Waals surface area contributed by atoms with Gasteiger partial charge in [-0.05, 0) is 13.8 Å². The zero-order valence-corrected chi connectivity index (χ0v) is 17.6. The molecule has 0 amide bonds. The van der Waals surface area contributed by atoms with Gasteiger partial charge in [0, 0.05) is 24.3 Å². The monoisotopic (exact) mass is 489 g/mol. The highest BCUT2D eigenvalue weighted by Gasteiger charge is 2.31. The Labute approximate surface area is 185 Å². The minimum Gasteiger partial charge on any atom is -0.444 e. The molecule has 8 nitrogen and oxygen atoms in total. The van der Waals surface area contributed by atoms with Crippen LogP contribution in [0.25, 0.3) is 11.0 Å². The number of fused-ring (bicyclic) bond motifs is 1. The second-order valence-electron chi connectivity index (χ2n) is 7.51. The van der Waals surface area contributed by atoms with Crippen LogP contribution in [0.3, 0.4) is 0 Å². The van der Waals surface area contributed by atoms with Crippen LogP contribution in [0.2, 0.25) is 0 Å². The van der Waals surface area contributed by atoms with Crippen molar-refractivity contribution >= 4 is 33.5 Å². The minimum absolute atomic E-state index is 0.0694. The van der Waals surface area contributed by atoms with E-state index in [1.807, 2.05) is 13.8 Å². The fraction of sp³-hybridized carbons (Fsp3) is 0.263. The normalized spacial score (nSPS) is 14.9. The first-order valence-electron chi connectivity index (χ1n) is 9.12. The third kappa shape index (κ3) is 4.17. The van der Waals surface area contributed by atoms with E-state index in [9.17, 15) is 32.1 Å². The smallest absolute Gasteiger partial charge is 0.312 e. The molecule has 14 heteroatoms. The van der Waals surface area contributed by atoms with Crippen LogP contribution in [0, 0.1) is 39.2 Å². The Morgan fingerprint density at radius 2 is 1.76 bits per heavy atom. The maximum atomic E-state index is 14.0. The van der Waals surface area contributed by atoms with Gasteiger partial charge in [0.1, 0.15) is 16.3 Å². The third-order valence-corrected chi connectivity index (χ3v) is 5.52. The average Bonchev–Trinajstić information content (AvgIpc) is 3.33. The van der Waals surface area contributed by atoms with E-state index in [0.29, 0.717) is 17.2 Å². The van der Waals surface area contributed by atoms with E-state index in [0.717, 1.165) is 12.1 Å². The van der Waals surface area contributed by atoms with Gasteiger partial charge in [-0.1, -0.05) is 10.3 Å².